The molecule has 2 rings (SSSR count). The van der Waals surface area contributed by atoms with Gasteiger partial charge >= 0.3 is 6.18 Å². The lowest BCUT2D eigenvalue weighted by atomic mass is 9.85. The standard InChI is InChI=1S/C11H16F3N3S/c1-2-9-16-10(18-17-9)15-8-5-3-4-7(6-8)11(12,13)14/h7-8H,2-6H2,1H3,(H,15,16,17). The molecule has 1 aliphatic carbocycles. The van der Waals surface area contributed by atoms with Gasteiger partial charge in [0.1, 0.15) is 5.82 Å². The van der Waals surface area contributed by atoms with E-state index in [-0.39, 0.29) is 18.9 Å². The van der Waals surface area contributed by atoms with Crippen LogP contribution in [0.15, 0.2) is 0 Å². The number of aromatic nitrogens is 2. The van der Waals surface area contributed by atoms with E-state index in [0.717, 1.165) is 18.7 Å². The number of hydrogen-bond acceptors (Lipinski definition) is 4. The van der Waals surface area contributed by atoms with Gasteiger partial charge in [0.15, 0.2) is 0 Å². The summed E-state index contributed by atoms with van der Waals surface area (Å²) in [5, 5.41) is 3.72. The lowest BCUT2D eigenvalue weighted by Crippen LogP contribution is -2.34. The molecule has 0 amide bonds. The Hall–Kier alpha value is -0.850. The average Bonchev–Trinajstić information content (AvgIpc) is 2.76. The quantitative estimate of drug-likeness (QED) is 0.918. The summed E-state index contributed by atoms with van der Waals surface area (Å²) in [6, 6.07) is -0.136. The summed E-state index contributed by atoms with van der Waals surface area (Å²) in [5.41, 5.74) is 0. The number of rotatable bonds is 3. The predicted octanol–water partition coefficient (Wildman–Crippen LogP) is 3.63. The molecule has 2 unspecified atom stereocenters. The first kappa shape index (κ1) is 13.6. The second-order valence-electron chi connectivity index (χ2n) is 4.62. The molecule has 0 radical (unpaired) electrons. The number of nitrogens with one attached hydrogen (secondary N) is 1. The lowest BCUT2D eigenvalue weighted by Gasteiger charge is -2.30. The summed E-state index contributed by atoms with van der Waals surface area (Å²) in [6.45, 7) is 1.95. The van der Waals surface area contributed by atoms with Crippen LogP contribution in [0.3, 0.4) is 0 Å². The minimum Gasteiger partial charge on any atom is -0.358 e. The molecule has 0 saturated heterocycles. The van der Waals surface area contributed by atoms with Crippen molar-refractivity contribution in [2.75, 3.05) is 5.32 Å². The van der Waals surface area contributed by atoms with Gasteiger partial charge in [-0.2, -0.15) is 17.5 Å². The molecule has 7 heteroatoms. The van der Waals surface area contributed by atoms with Crippen molar-refractivity contribution in [3.05, 3.63) is 5.82 Å². The zero-order chi connectivity index (χ0) is 13.2. The molecule has 18 heavy (non-hydrogen) atoms. The molecule has 102 valence electrons. The number of hydrogen-bond donors (Lipinski definition) is 1. The molecule has 1 aliphatic rings. The minimum atomic E-state index is -4.07. The highest BCUT2D eigenvalue weighted by atomic mass is 32.1. The van der Waals surface area contributed by atoms with E-state index in [1.165, 1.54) is 11.5 Å². The third kappa shape index (κ3) is 3.34. The number of aryl methyl sites for hydroxylation is 1. The van der Waals surface area contributed by atoms with Crippen LogP contribution in [-0.4, -0.2) is 21.6 Å². The van der Waals surface area contributed by atoms with E-state index >= 15 is 0 Å². The van der Waals surface area contributed by atoms with Gasteiger partial charge in [0, 0.05) is 24.0 Å². The molecule has 2 atom stereocenters. The van der Waals surface area contributed by atoms with Crippen LogP contribution in [0.1, 0.15) is 38.4 Å². The summed E-state index contributed by atoms with van der Waals surface area (Å²) in [5.74, 6) is -0.437. The zero-order valence-electron chi connectivity index (χ0n) is 10.1. The van der Waals surface area contributed by atoms with Crippen molar-refractivity contribution in [3.8, 4) is 0 Å². The molecule has 1 N–H and O–H groups in total. The molecule has 1 heterocycles. The highest BCUT2D eigenvalue weighted by Gasteiger charge is 2.42. The van der Waals surface area contributed by atoms with Gasteiger partial charge in [0.2, 0.25) is 5.13 Å². The molecular formula is C11H16F3N3S. The van der Waals surface area contributed by atoms with Gasteiger partial charge in [0.25, 0.3) is 0 Å². The van der Waals surface area contributed by atoms with Crippen molar-refractivity contribution in [2.24, 2.45) is 5.92 Å². The molecule has 3 nitrogen and oxygen atoms in total. The SMILES string of the molecule is CCc1nsc(NC2CCCC(C(F)(F)F)C2)n1. The molecule has 0 spiro atoms. The average molecular weight is 279 g/mol. The Morgan fingerprint density at radius 3 is 2.78 bits per heavy atom. The van der Waals surface area contributed by atoms with Crippen molar-refractivity contribution in [2.45, 2.75) is 51.2 Å². The first-order chi connectivity index (χ1) is 8.49. The van der Waals surface area contributed by atoms with Crippen LogP contribution in [0, 0.1) is 5.92 Å². The van der Waals surface area contributed by atoms with Gasteiger partial charge in [-0.1, -0.05) is 13.3 Å². The van der Waals surface area contributed by atoms with Crippen molar-refractivity contribution < 1.29 is 13.2 Å². The topological polar surface area (TPSA) is 37.8 Å². The number of nitrogens with zero attached hydrogens (tertiary/aromatic N) is 2. The molecule has 1 saturated carbocycles. The van der Waals surface area contributed by atoms with Gasteiger partial charge in [-0.3, -0.25) is 0 Å². The van der Waals surface area contributed by atoms with Gasteiger partial charge in [-0.15, -0.1) is 0 Å². The van der Waals surface area contributed by atoms with Crippen LogP contribution in [0.2, 0.25) is 0 Å². The van der Waals surface area contributed by atoms with Crippen LogP contribution < -0.4 is 5.32 Å². The smallest absolute Gasteiger partial charge is 0.358 e. The molecule has 0 bridgehead atoms. The largest absolute Gasteiger partial charge is 0.391 e. The number of alkyl halides is 3. The highest BCUT2D eigenvalue weighted by Crippen LogP contribution is 2.38. The summed E-state index contributed by atoms with van der Waals surface area (Å²) in [6.07, 6.45) is -1.55. The predicted molar refractivity (Wildman–Crippen MR) is 64.7 cm³/mol. The van der Waals surface area contributed by atoms with Gasteiger partial charge in [-0.05, 0) is 19.3 Å². The highest BCUT2D eigenvalue weighted by molar-refractivity contribution is 7.09. The molecular weight excluding hydrogens is 263 g/mol. The molecule has 1 aromatic heterocycles. The fourth-order valence-corrected chi connectivity index (χ4v) is 2.98. The minimum absolute atomic E-state index is 0.136. The van der Waals surface area contributed by atoms with Crippen molar-refractivity contribution in [1.82, 2.24) is 9.36 Å². The Kier molecular flexibility index (Phi) is 4.09. The van der Waals surface area contributed by atoms with Gasteiger partial charge in [0.05, 0.1) is 5.92 Å². The molecule has 1 fully saturated rings. The molecule has 0 aliphatic heterocycles. The van der Waals surface area contributed by atoms with Crippen LogP contribution in [0.4, 0.5) is 18.3 Å². The second-order valence-corrected chi connectivity index (χ2v) is 5.37. The van der Waals surface area contributed by atoms with Gasteiger partial charge < -0.3 is 5.32 Å². The van der Waals surface area contributed by atoms with Crippen LogP contribution in [0.25, 0.3) is 0 Å². The van der Waals surface area contributed by atoms with E-state index in [1.807, 2.05) is 6.92 Å². The Labute approximate surface area is 108 Å². The van der Waals surface area contributed by atoms with E-state index < -0.39 is 12.1 Å². The first-order valence-corrected chi connectivity index (χ1v) is 6.92. The lowest BCUT2D eigenvalue weighted by molar-refractivity contribution is -0.182. The number of anilines is 1. The second kappa shape index (κ2) is 5.42. The first-order valence-electron chi connectivity index (χ1n) is 6.15. The van der Waals surface area contributed by atoms with Crippen LogP contribution in [-0.2, 0) is 6.42 Å². The maximum Gasteiger partial charge on any atom is 0.391 e. The van der Waals surface area contributed by atoms with Crippen molar-refractivity contribution in [1.29, 1.82) is 0 Å². The maximum atomic E-state index is 12.7. The fraction of sp³-hybridized carbons (Fsp3) is 0.818. The van der Waals surface area contributed by atoms with Crippen molar-refractivity contribution >= 4 is 16.7 Å². The van der Waals surface area contributed by atoms with E-state index in [9.17, 15) is 13.2 Å². The summed E-state index contributed by atoms with van der Waals surface area (Å²) in [7, 11) is 0. The summed E-state index contributed by atoms with van der Waals surface area (Å²) in [4.78, 5) is 4.23. The van der Waals surface area contributed by atoms with Crippen LogP contribution >= 0.6 is 11.5 Å². The Balaban J connectivity index is 1.93. The van der Waals surface area contributed by atoms with E-state index in [1.54, 1.807) is 0 Å². The zero-order valence-corrected chi connectivity index (χ0v) is 10.9. The Morgan fingerprint density at radius 2 is 2.17 bits per heavy atom. The third-order valence-electron chi connectivity index (χ3n) is 3.25. The Morgan fingerprint density at radius 1 is 1.39 bits per heavy atom. The monoisotopic (exact) mass is 279 g/mol. The Bertz CT molecular complexity index is 391. The van der Waals surface area contributed by atoms with E-state index in [2.05, 4.69) is 14.7 Å². The summed E-state index contributed by atoms with van der Waals surface area (Å²) >= 11 is 1.22. The normalized spacial score (nSPS) is 25.1. The van der Waals surface area contributed by atoms with Gasteiger partial charge in [-0.25, -0.2) is 4.98 Å². The summed E-state index contributed by atoms with van der Waals surface area (Å²) < 4.78 is 42.1. The fourth-order valence-electron chi connectivity index (χ4n) is 2.25. The van der Waals surface area contributed by atoms with Crippen LogP contribution in [0.5, 0.6) is 0 Å². The van der Waals surface area contributed by atoms with E-state index in [4.69, 9.17) is 0 Å². The third-order valence-corrected chi connectivity index (χ3v) is 3.93. The molecule has 0 aromatic carbocycles. The van der Waals surface area contributed by atoms with E-state index in [0.29, 0.717) is 11.6 Å². The molecule has 1 aromatic rings. The maximum absolute atomic E-state index is 12.7. The number of halogens is 3. The van der Waals surface area contributed by atoms with Crippen molar-refractivity contribution in [3.63, 3.8) is 0 Å².